The first-order valence-electron chi connectivity index (χ1n) is 11.9. The van der Waals surface area contributed by atoms with Gasteiger partial charge in [0, 0.05) is 23.8 Å². The molecule has 2 N–H and O–H groups in total. The monoisotopic (exact) mass is 549 g/mol. The molecule has 5 rings (SSSR count). The summed E-state index contributed by atoms with van der Waals surface area (Å²) in [5, 5.41) is 20.2. The van der Waals surface area contributed by atoms with Crippen LogP contribution < -0.4 is 14.4 Å². The maximum Gasteiger partial charge on any atom is 0.412 e. The van der Waals surface area contributed by atoms with Crippen LogP contribution in [0.2, 0.25) is 0 Å². The second-order valence-electron chi connectivity index (χ2n) is 8.98. The van der Waals surface area contributed by atoms with Crippen LogP contribution in [0.15, 0.2) is 48.9 Å². The molecule has 12 heteroatoms. The van der Waals surface area contributed by atoms with Crippen molar-refractivity contribution in [2.75, 3.05) is 12.0 Å². The highest BCUT2D eigenvalue weighted by Crippen LogP contribution is 2.37. The average Bonchev–Trinajstić information content (AvgIpc) is 3.30. The number of carboxylic acid groups (broad SMARTS) is 1. The van der Waals surface area contributed by atoms with Crippen LogP contribution in [0, 0.1) is 12.7 Å². The van der Waals surface area contributed by atoms with Gasteiger partial charge in [0.25, 0.3) is 0 Å². The predicted molar refractivity (Wildman–Crippen MR) is 145 cm³/mol. The predicted octanol–water partition coefficient (Wildman–Crippen LogP) is 5.80. The number of hydrogen-bond donors (Lipinski definition) is 2. The molecule has 2 atom stereocenters. The number of fused-ring (bicyclic) bond motifs is 2. The van der Waals surface area contributed by atoms with Gasteiger partial charge in [-0.25, -0.2) is 24.1 Å². The lowest BCUT2D eigenvalue weighted by Crippen LogP contribution is -2.46. The summed E-state index contributed by atoms with van der Waals surface area (Å²) in [6.07, 6.45) is 2.03. The topological polar surface area (TPSA) is 131 Å². The van der Waals surface area contributed by atoms with E-state index in [0.717, 1.165) is 16.0 Å². The minimum Gasteiger partial charge on any atom is -0.506 e. The summed E-state index contributed by atoms with van der Waals surface area (Å²) in [5.74, 6) is -0.436. The number of thiazole rings is 1. The number of methoxy groups -OCH3 is 1. The molecular weight excluding hydrogens is 525 g/mol. The highest BCUT2D eigenvalue weighted by Gasteiger charge is 2.29. The number of ether oxygens (including phenoxy) is 2. The second kappa shape index (κ2) is 10.3. The van der Waals surface area contributed by atoms with Gasteiger partial charge in [0.1, 0.15) is 16.9 Å². The number of aryl methyl sites for hydroxylation is 1. The van der Waals surface area contributed by atoms with Crippen molar-refractivity contribution < 1.29 is 28.9 Å². The first kappa shape index (κ1) is 26.0. The Bertz CT molecular complexity index is 1710. The van der Waals surface area contributed by atoms with Crippen molar-refractivity contribution in [2.45, 2.75) is 32.9 Å². The number of amides is 1. The lowest BCUT2D eigenvalue weighted by atomic mass is 10.1. The van der Waals surface area contributed by atoms with Crippen molar-refractivity contribution in [3.63, 3.8) is 0 Å². The molecule has 0 fully saturated rings. The Kier molecular flexibility index (Phi) is 6.87. The molecule has 0 saturated heterocycles. The molecule has 0 saturated carbocycles. The fourth-order valence-corrected chi connectivity index (χ4v) is 5.21. The molecule has 1 amide bonds. The van der Waals surface area contributed by atoms with E-state index in [4.69, 9.17) is 9.47 Å². The molecule has 10 nitrogen and oxygen atoms in total. The Labute approximate surface area is 226 Å². The largest absolute Gasteiger partial charge is 0.506 e. The zero-order chi connectivity index (χ0) is 27.8. The molecule has 2 aromatic carbocycles. The molecule has 3 heterocycles. The minimum atomic E-state index is -1.26. The fraction of sp³-hybridized carbons (Fsp3) is 0.222. The van der Waals surface area contributed by atoms with E-state index >= 15 is 4.39 Å². The van der Waals surface area contributed by atoms with Crippen LogP contribution >= 0.6 is 11.3 Å². The summed E-state index contributed by atoms with van der Waals surface area (Å²) < 4.78 is 26.9. The third kappa shape index (κ3) is 5.10. The SMILES string of the molecule is COc1cnc2c(-c3nc4cc(F)c(O[C@@H](C)[C@@H](C)N(C(=O)O)c5cncc(O)c5)cc4s3)cc(C)cc2n1. The Balaban J connectivity index is 1.47. The van der Waals surface area contributed by atoms with Crippen molar-refractivity contribution in [3.05, 3.63) is 60.3 Å². The first-order valence-corrected chi connectivity index (χ1v) is 12.7. The lowest BCUT2D eigenvalue weighted by molar-refractivity contribution is 0.167. The van der Waals surface area contributed by atoms with Gasteiger partial charge in [-0.15, -0.1) is 11.3 Å². The van der Waals surface area contributed by atoms with E-state index in [1.807, 2.05) is 19.1 Å². The molecule has 0 aliphatic heterocycles. The van der Waals surface area contributed by atoms with Gasteiger partial charge >= 0.3 is 6.09 Å². The van der Waals surface area contributed by atoms with Crippen molar-refractivity contribution >= 4 is 44.4 Å². The summed E-state index contributed by atoms with van der Waals surface area (Å²) >= 11 is 1.35. The highest BCUT2D eigenvalue weighted by molar-refractivity contribution is 7.21. The molecule has 0 unspecified atom stereocenters. The maximum atomic E-state index is 15.1. The quantitative estimate of drug-likeness (QED) is 0.258. The van der Waals surface area contributed by atoms with Crippen molar-refractivity contribution in [1.29, 1.82) is 0 Å². The third-order valence-electron chi connectivity index (χ3n) is 6.24. The third-order valence-corrected chi connectivity index (χ3v) is 7.30. The van der Waals surface area contributed by atoms with Gasteiger partial charge in [0.05, 0.1) is 58.7 Å². The number of halogens is 1. The maximum absolute atomic E-state index is 15.1. The van der Waals surface area contributed by atoms with Crippen LogP contribution in [0.4, 0.5) is 14.9 Å². The number of benzene rings is 2. The van der Waals surface area contributed by atoms with Gasteiger partial charge in [-0.2, -0.15) is 0 Å². The van der Waals surface area contributed by atoms with Gasteiger partial charge in [-0.1, -0.05) is 0 Å². The van der Waals surface area contributed by atoms with E-state index < -0.39 is 24.1 Å². The van der Waals surface area contributed by atoms with E-state index in [1.54, 1.807) is 19.9 Å². The normalized spacial score (nSPS) is 12.8. The molecule has 200 valence electrons. The van der Waals surface area contributed by atoms with Gasteiger partial charge < -0.3 is 19.7 Å². The molecule has 39 heavy (non-hydrogen) atoms. The molecule has 0 spiro atoms. The van der Waals surface area contributed by atoms with Gasteiger partial charge in [-0.05, 0) is 38.5 Å². The zero-order valence-electron chi connectivity index (χ0n) is 21.4. The van der Waals surface area contributed by atoms with Crippen LogP contribution in [-0.4, -0.2) is 55.5 Å². The van der Waals surface area contributed by atoms with Crippen LogP contribution in [0.1, 0.15) is 19.4 Å². The van der Waals surface area contributed by atoms with Crippen LogP contribution in [0.3, 0.4) is 0 Å². The molecule has 0 bridgehead atoms. The standard InChI is InChI=1S/C27H24FN5O5S/c1-13-5-18(25-21(6-13)31-24(37-4)12-30-25)26-32-20-8-19(28)22(9-23(20)39-26)38-15(3)14(2)33(27(35)36)16-7-17(34)11-29-10-16/h5-12,14-15,34H,1-4H3,(H,35,36)/t14-,15+/m1/s1. The van der Waals surface area contributed by atoms with Crippen LogP contribution in [-0.2, 0) is 0 Å². The first-order chi connectivity index (χ1) is 18.6. The zero-order valence-corrected chi connectivity index (χ0v) is 22.2. The van der Waals surface area contributed by atoms with E-state index in [2.05, 4.69) is 19.9 Å². The Morgan fingerprint density at radius 2 is 1.87 bits per heavy atom. The van der Waals surface area contributed by atoms with E-state index in [-0.39, 0.29) is 17.2 Å². The number of anilines is 1. The summed E-state index contributed by atoms with van der Waals surface area (Å²) in [6, 6.07) is 7.25. The van der Waals surface area contributed by atoms with Crippen molar-refractivity contribution in [2.24, 2.45) is 0 Å². The van der Waals surface area contributed by atoms with Crippen LogP contribution in [0.25, 0.3) is 31.8 Å². The molecule has 0 aliphatic rings. The number of pyridine rings is 1. The molecule has 3 aromatic heterocycles. The fourth-order valence-electron chi connectivity index (χ4n) is 4.22. The molecule has 0 radical (unpaired) electrons. The number of aromatic nitrogens is 4. The summed E-state index contributed by atoms with van der Waals surface area (Å²) in [4.78, 5) is 30.5. The molecular formula is C27H24FN5O5S. The Morgan fingerprint density at radius 3 is 2.59 bits per heavy atom. The summed E-state index contributed by atoms with van der Waals surface area (Å²) in [7, 11) is 1.53. The number of rotatable bonds is 7. The average molecular weight is 550 g/mol. The number of hydrogen-bond acceptors (Lipinski definition) is 9. The van der Waals surface area contributed by atoms with Crippen molar-refractivity contribution in [3.8, 4) is 28.0 Å². The molecule has 0 aliphatic carbocycles. The number of carbonyl (C=O) groups is 1. The van der Waals surface area contributed by atoms with E-state index in [1.165, 1.54) is 49.2 Å². The lowest BCUT2D eigenvalue weighted by Gasteiger charge is -2.31. The summed E-state index contributed by atoms with van der Waals surface area (Å²) in [6.45, 7) is 5.21. The smallest absolute Gasteiger partial charge is 0.412 e. The van der Waals surface area contributed by atoms with Crippen molar-refractivity contribution in [1.82, 2.24) is 19.9 Å². The Morgan fingerprint density at radius 1 is 1.08 bits per heavy atom. The summed E-state index contributed by atoms with van der Waals surface area (Å²) in [5.41, 5.74) is 3.65. The minimum absolute atomic E-state index is 0.0324. The van der Waals surface area contributed by atoms with Crippen LogP contribution in [0.5, 0.6) is 17.4 Å². The van der Waals surface area contributed by atoms with E-state index in [9.17, 15) is 15.0 Å². The highest BCUT2D eigenvalue weighted by atomic mass is 32.1. The second-order valence-corrected chi connectivity index (χ2v) is 10.0. The van der Waals surface area contributed by atoms with E-state index in [0.29, 0.717) is 32.1 Å². The van der Waals surface area contributed by atoms with Gasteiger partial charge in [0.15, 0.2) is 11.6 Å². The van der Waals surface area contributed by atoms with Gasteiger partial charge in [-0.3, -0.25) is 9.88 Å². The molecule has 5 aromatic rings. The van der Waals surface area contributed by atoms with Gasteiger partial charge in [0.2, 0.25) is 5.88 Å². The Hall–Kier alpha value is -4.58. The number of aromatic hydroxyl groups is 1. The number of nitrogens with zero attached hydrogens (tertiary/aromatic N) is 5.